The van der Waals surface area contributed by atoms with Crippen molar-refractivity contribution in [1.82, 2.24) is 0 Å². The van der Waals surface area contributed by atoms with Gasteiger partial charge in [0.25, 0.3) is 0 Å². The minimum absolute atomic E-state index is 0.0371. The number of methoxy groups -OCH3 is 1. The third kappa shape index (κ3) is 5.30. The van der Waals surface area contributed by atoms with Crippen molar-refractivity contribution in [1.29, 1.82) is 0 Å². The highest BCUT2D eigenvalue weighted by atomic mass is 35.5. The summed E-state index contributed by atoms with van der Waals surface area (Å²) in [5, 5.41) is 9.28. The highest BCUT2D eigenvalue weighted by molar-refractivity contribution is 6.32. The van der Waals surface area contributed by atoms with Gasteiger partial charge < -0.3 is 19.3 Å². The summed E-state index contributed by atoms with van der Waals surface area (Å²) in [4.78, 5) is 11.1. The number of carbonyl (C=O) groups is 1. The van der Waals surface area contributed by atoms with Crippen LogP contribution in [0.1, 0.15) is 42.3 Å². The summed E-state index contributed by atoms with van der Waals surface area (Å²) in [6.07, 6.45) is 0. The molecule has 1 N–H and O–H groups in total. The lowest BCUT2D eigenvalue weighted by atomic mass is 9.86. The molecule has 5 nitrogen and oxygen atoms in total. The van der Waals surface area contributed by atoms with Crippen molar-refractivity contribution in [3.05, 3.63) is 52.0 Å². The molecule has 2 aromatic rings. The highest BCUT2D eigenvalue weighted by Crippen LogP contribution is 2.36. The predicted molar refractivity (Wildman–Crippen MR) is 106 cm³/mol. The largest absolute Gasteiger partial charge is 0.493 e. The second-order valence-corrected chi connectivity index (χ2v) is 7.65. The Morgan fingerprint density at radius 2 is 1.74 bits per heavy atom. The van der Waals surface area contributed by atoms with E-state index in [9.17, 15) is 4.79 Å². The Kier molecular flexibility index (Phi) is 6.60. The fourth-order valence-corrected chi connectivity index (χ4v) is 2.91. The Bertz CT molecular complexity index is 824. The molecule has 0 amide bonds. The van der Waals surface area contributed by atoms with Crippen LogP contribution in [0.15, 0.2) is 30.3 Å². The van der Waals surface area contributed by atoms with Crippen LogP contribution in [-0.4, -0.2) is 31.4 Å². The van der Waals surface area contributed by atoms with Gasteiger partial charge in [-0.2, -0.15) is 0 Å². The summed E-state index contributed by atoms with van der Waals surface area (Å²) >= 11 is 6.15. The zero-order valence-electron chi connectivity index (χ0n) is 16.3. The van der Waals surface area contributed by atoms with E-state index in [1.54, 1.807) is 0 Å². The van der Waals surface area contributed by atoms with E-state index < -0.39 is 5.97 Å². The van der Waals surface area contributed by atoms with Crippen LogP contribution >= 0.6 is 11.6 Å². The number of hydrogen-bond donors (Lipinski definition) is 1. The molecular formula is C21H25ClO5. The third-order valence-electron chi connectivity index (χ3n) is 4.01. The first-order valence-corrected chi connectivity index (χ1v) is 8.99. The Hall–Kier alpha value is -2.40. The van der Waals surface area contributed by atoms with Crippen molar-refractivity contribution in [2.24, 2.45) is 0 Å². The number of halogens is 1. The monoisotopic (exact) mass is 392 g/mol. The van der Waals surface area contributed by atoms with Crippen LogP contribution in [0.3, 0.4) is 0 Å². The Labute approximate surface area is 164 Å². The zero-order valence-corrected chi connectivity index (χ0v) is 17.0. The molecule has 0 aliphatic heterocycles. The van der Waals surface area contributed by atoms with Gasteiger partial charge in [-0.3, -0.25) is 0 Å². The van der Waals surface area contributed by atoms with E-state index in [4.69, 9.17) is 30.9 Å². The summed E-state index contributed by atoms with van der Waals surface area (Å²) in [5.74, 6) is 0.309. The second kappa shape index (κ2) is 8.53. The van der Waals surface area contributed by atoms with E-state index in [1.165, 1.54) is 19.2 Å². The van der Waals surface area contributed by atoms with Crippen molar-refractivity contribution in [2.45, 2.75) is 33.1 Å². The van der Waals surface area contributed by atoms with E-state index in [2.05, 4.69) is 32.9 Å². The summed E-state index contributed by atoms with van der Waals surface area (Å²) < 4.78 is 16.8. The maximum absolute atomic E-state index is 11.1. The Balaban J connectivity index is 2.08. The first kappa shape index (κ1) is 20.9. The maximum Gasteiger partial charge on any atom is 0.335 e. The summed E-state index contributed by atoms with van der Waals surface area (Å²) in [7, 11) is 1.43. The van der Waals surface area contributed by atoms with Crippen LogP contribution in [0.5, 0.6) is 17.2 Å². The molecule has 6 heteroatoms. The molecular weight excluding hydrogens is 368 g/mol. The number of aromatic carboxylic acids is 1. The number of benzene rings is 2. The van der Waals surface area contributed by atoms with Crippen LogP contribution in [0.25, 0.3) is 0 Å². The fraction of sp³-hybridized carbons (Fsp3) is 0.381. The van der Waals surface area contributed by atoms with Crippen LogP contribution in [0, 0.1) is 6.92 Å². The summed E-state index contributed by atoms with van der Waals surface area (Å²) in [5.41, 5.74) is 2.24. The summed E-state index contributed by atoms with van der Waals surface area (Å²) in [6.45, 7) is 8.97. The molecule has 0 spiro atoms. The molecule has 146 valence electrons. The van der Waals surface area contributed by atoms with E-state index >= 15 is 0 Å². The molecule has 0 saturated carbocycles. The van der Waals surface area contributed by atoms with Gasteiger partial charge in [0.05, 0.1) is 17.7 Å². The van der Waals surface area contributed by atoms with Gasteiger partial charge in [-0.25, -0.2) is 4.79 Å². The van der Waals surface area contributed by atoms with Crippen molar-refractivity contribution in [3.8, 4) is 17.2 Å². The van der Waals surface area contributed by atoms with Crippen molar-refractivity contribution < 1.29 is 24.1 Å². The number of aryl methyl sites for hydroxylation is 1. The fourth-order valence-electron chi connectivity index (χ4n) is 2.65. The minimum atomic E-state index is -1.08. The molecule has 0 aromatic heterocycles. The Morgan fingerprint density at radius 1 is 1.07 bits per heavy atom. The minimum Gasteiger partial charge on any atom is -0.493 e. The van der Waals surface area contributed by atoms with Gasteiger partial charge in [0, 0.05) is 0 Å². The average molecular weight is 393 g/mol. The highest BCUT2D eigenvalue weighted by Gasteiger charge is 2.19. The van der Waals surface area contributed by atoms with Crippen LogP contribution in [0.2, 0.25) is 5.02 Å². The van der Waals surface area contributed by atoms with Gasteiger partial charge >= 0.3 is 5.97 Å². The molecule has 2 rings (SSSR count). The molecule has 0 bridgehead atoms. The molecule has 0 fully saturated rings. The maximum atomic E-state index is 11.1. The number of carboxylic acid groups (broad SMARTS) is 1. The third-order valence-corrected chi connectivity index (χ3v) is 4.29. The van der Waals surface area contributed by atoms with Crippen molar-refractivity contribution in [2.75, 3.05) is 20.3 Å². The molecule has 0 atom stereocenters. The number of carboxylic acids is 1. The standard InChI is InChI=1S/C21H25ClO5/c1-13-6-7-15(21(2,3)4)17(10-13)26-8-9-27-19-16(22)11-14(20(23)24)12-18(19)25-5/h6-7,10-12H,8-9H2,1-5H3,(H,23,24). The molecule has 0 unspecified atom stereocenters. The average Bonchev–Trinajstić information content (AvgIpc) is 2.58. The molecule has 0 saturated heterocycles. The van der Waals surface area contributed by atoms with E-state index in [0.29, 0.717) is 12.4 Å². The van der Waals surface area contributed by atoms with E-state index in [1.807, 2.05) is 13.0 Å². The molecule has 0 heterocycles. The summed E-state index contributed by atoms with van der Waals surface area (Å²) in [6, 6.07) is 8.87. The quantitative estimate of drug-likeness (QED) is 0.663. The number of rotatable bonds is 7. The van der Waals surface area contributed by atoms with Crippen molar-refractivity contribution in [3.63, 3.8) is 0 Å². The smallest absolute Gasteiger partial charge is 0.335 e. The molecule has 0 aliphatic carbocycles. The lowest BCUT2D eigenvalue weighted by Gasteiger charge is -2.23. The van der Waals surface area contributed by atoms with Gasteiger partial charge in [-0.05, 0) is 41.7 Å². The lowest BCUT2D eigenvalue weighted by Crippen LogP contribution is -2.16. The first-order valence-electron chi connectivity index (χ1n) is 8.61. The normalized spacial score (nSPS) is 11.2. The zero-order chi connectivity index (χ0) is 20.2. The van der Waals surface area contributed by atoms with Gasteiger partial charge in [0.1, 0.15) is 19.0 Å². The van der Waals surface area contributed by atoms with E-state index in [-0.39, 0.29) is 28.4 Å². The first-order chi connectivity index (χ1) is 12.6. The van der Waals surface area contributed by atoms with E-state index in [0.717, 1.165) is 16.9 Å². The van der Waals surface area contributed by atoms with Crippen LogP contribution in [0.4, 0.5) is 0 Å². The van der Waals surface area contributed by atoms with Crippen LogP contribution in [-0.2, 0) is 5.41 Å². The lowest BCUT2D eigenvalue weighted by molar-refractivity contribution is 0.0696. The molecule has 0 aliphatic rings. The Morgan fingerprint density at radius 3 is 2.33 bits per heavy atom. The second-order valence-electron chi connectivity index (χ2n) is 7.24. The van der Waals surface area contributed by atoms with Gasteiger partial charge in [-0.15, -0.1) is 0 Å². The molecule has 0 radical (unpaired) electrons. The van der Waals surface area contributed by atoms with Gasteiger partial charge in [-0.1, -0.05) is 44.5 Å². The number of ether oxygens (including phenoxy) is 3. The van der Waals surface area contributed by atoms with Gasteiger partial charge in [0.15, 0.2) is 11.5 Å². The molecule has 27 heavy (non-hydrogen) atoms. The molecule has 2 aromatic carbocycles. The number of hydrogen-bond acceptors (Lipinski definition) is 4. The van der Waals surface area contributed by atoms with Crippen LogP contribution < -0.4 is 14.2 Å². The van der Waals surface area contributed by atoms with Gasteiger partial charge in [0.2, 0.25) is 0 Å². The topological polar surface area (TPSA) is 65.0 Å². The predicted octanol–water partition coefficient (Wildman–Crippen LogP) is 5.11. The van der Waals surface area contributed by atoms with Crippen molar-refractivity contribution >= 4 is 17.6 Å². The SMILES string of the molecule is COc1cc(C(=O)O)cc(Cl)c1OCCOc1cc(C)ccc1C(C)(C)C.